The molecule has 0 spiro atoms. The molecule has 0 saturated heterocycles. The molecule has 3 N–H and O–H groups in total. The van der Waals surface area contributed by atoms with Crippen LogP contribution >= 0.6 is 0 Å². The SMILES string of the molecule is CC(C)n1ccc(CC(NN)c2ccco2)n1. The molecule has 0 aliphatic carbocycles. The molecule has 92 valence electrons. The molecule has 0 radical (unpaired) electrons. The van der Waals surface area contributed by atoms with Gasteiger partial charge in [0.05, 0.1) is 18.0 Å². The fourth-order valence-corrected chi connectivity index (χ4v) is 1.71. The average molecular weight is 234 g/mol. The molecule has 2 rings (SSSR count). The minimum Gasteiger partial charge on any atom is -0.468 e. The predicted octanol–water partition coefficient (Wildman–Crippen LogP) is 1.80. The van der Waals surface area contributed by atoms with Crippen LogP contribution in [-0.2, 0) is 6.42 Å². The van der Waals surface area contributed by atoms with Crippen LogP contribution in [0.4, 0.5) is 0 Å². The van der Waals surface area contributed by atoms with Crippen LogP contribution in [0.3, 0.4) is 0 Å². The fourth-order valence-electron chi connectivity index (χ4n) is 1.71. The van der Waals surface area contributed by atoms with Crippen LogP contribution in [0.15, 0.2) is 35.1 Å². The fraction of sp³-hybridized carbons (Fsp3) is 0.417. The number of hydrazine groups is 1. The lowest BCUT2D eigenvalue weighted by molar-refractivity contribution is 0.411. The molecular formula is C12H18N4O. The van der Waals surface area contributed by atoms with E-state index in [0.29, 0.717) is 12.5 Å². The maximum atomic E-state index is 5.53. The Morgan fingerprint density at radius 1 is 1.47 bits per heavy atom. The molecule has 0 saturated carbocycles. The summed E-state index contributed by atoms with van der Waals surface area (Å²) in [6.45, 7) is 4.20. The van der Waals surface area contributed by atoms with Crippen molar-refractivity contribution in [3.63, 3.8) is 0 Å². The Labute approximate surface area is 101 Å². The third-order valence-corrected chi connectivity index (χ3v) is 2.69. The minimum atomic E-state index is -0.0412. The van der Waals surface area contributed by atoms with Gasteiger partial charge in [-0.1, -0.05) is 0 Å². The lowest BCUT2D eigenvalue weighted by Crippen LogP contribution is -2.29. The van der Waals surface area contributed by atoms with Gasteiger partial charge in [0.15, 0.2) is 0 Å². The maximum absolute atomic E-state index is 5.53. The molecule has 2 heterocycles. The maximum Gasteiger partial charge on any atom is 0.122 e. The molecule has 5 heteroatoms. The zero-order chi connectivity index (χ0) is 12.3. The molecule has 0 aliphatic rings. The summed E-state index contributed by atoms with van der Waals surface area (Å²) in [4.78, 5) is 0. The van der Waals surface area contributed by atoms with Crippen LogP contribution in [0.2, 0.25) is 0 Å². The largest absolute Gasteiger partial charge is 0.468 e. The molecule has 2 aromatic rings. The molecule has 0 aliphatic heterocycles. The van der Waals surface area contributed by atoms with E-state index in [-0.39, 0.29) is 6.04 Å². The average Bonchev–Trinajstić information content (AvgIpc) is 2.96. The van der Waals surface area contributed by atoms with Gasteiger partial charge in [-0.25, -0.2) is 5.43 Å². The quantitative estimate of drug-likeness (QED) is 0.611. The number of aromatic nitrogens is 2. The van der Waals surface area contributed by atoms with Gasteiger partial charge in [0.2, 0.25) is 0 Å². The summed E-state index contributed by atoms with van der Waals surface area (Å²) in [6, 6.07) is 6.10. The molecule has 17 heavy (non-hydrogen) atoms. The summed E-state index contributed by atoms with van der Waals surface area (Å²) in [6.07, 6.45) is 4.34. The van der Waals surface area contributed by atoms with E-state index in [2.05, 4.69) is 24.4 Å². The number of rotatable bonds is 5. The molecule has 1 unspecified atom stereocenters. The Hall–Kier alpha value is -1.59. The van der Waals surface area contributed by atoms with Gasteiger partial charge in [0, 0.05) is 18.7 Å². The van der Waals surface area contributed by atoms with Gasteiger partial charge < -0.3 is 4.42 Å². The second-order valence-corrected chi connectivity index (χ2v) is 4.32. The minimum absolute atomic E-state index is 0.0412. The number of hydrogen-bond donors (Lipinski definition) is 2. The summed E-state index contributed by atoms with van der Waals surface area (Å²) in [5.74, 6) is 6.36. The summed E-state index contributed by atoms with van der Waals surface area (Å²) in [5, 5.41) is 4.49. The number of nitrogens with zero attached hydrogens (tertiary/aromatic N) is 2. The Kier molecular flexibility index (Phi) is 3.61. The third-order valence-electron chi connectivity index (χ3n) is 2.69. The third kappa shape index (κ3) is 2.75. The number of nitrogens with one attached hydrogen (secondary N) is 1. The topological polar surface area (TPSA) is 69.0 Å². The molecule has 2 aromatic heterocycles. The summed E-state index contributed by atoms with van der Waals surface area (Å²) < 4.78 is 7.27. The number of furan rings is 1. The highest BCUT2D eigenvalue weighted by atomic mass is 16.3. The molecule has 0 fully saturated rings. The van der Waals surface area contributed by atoms with Gasteiger partial charge >= 0.3 is 0 Å². The van der Waals surface area contributed by atoms with E-state index >= 15 is 0 Å². The highest BCUT2D eigenvalue weighted by Crippen LogP contribution is 2.17. The van der Waals surface area contributed by atoms with Crippen molar-refractivity contribution in [2.45, 2.75) is 32.4 Å². The zero-order valence-electron chi connectivity index (χ0n) is 10.1. The van der Waals surface area contributed by atoms with Crippen LogP contribution in [0.25, 0.3) is 0 Å². The highest BCUT2D eigenvalue weighted by molar-refractivity contribution is 5.10. The van der Waals surface area contributed by atoms with Gasteiger partial charge in [-0.3, -0.25) is 10.5 Å². The predicted molar refractivity (Wildman–Crippen MR) is 65.1 cm³/mol. The summed E-state index contributed by atoms with van der Waals surface area (Å²) in [5.41, 5.74) is 3.75. The first-order valence-electron chi connectivity index (χ1n) is 5.74. The highest BCUT2D eigenvalue weighted by Gasteiger charge is 2.15. The van der Waals surface area contributed by atoms with E-state index in [1.165, 1.54) is 0 Å². The van der Waals surface area contributed by atoms with E-state index in [4.69, 9.17) is 10.3 Å². The first-order chi connectivity index (χ1) is 8.20. The second-order valence-electron chi connectivity index (χ2n) is 4.32. The standard InChI is InChI=1S/C12H18N4O/c1-9(2)16-6-5-10(15-16)8-11(14-13)12-4-3-7-17-12/h3-7,9,11,14H,8,13H2,1-2H3. The first kappa shape index (κ1) is 11.9. The molecule has 0 aromatic carbocycles. The molecular weight excluding hydrogens is 216 g/mol. The smallest absolute Gasteiger partial charge is 0.122 e. The van der Waals surface area contributed by atoms with E-state index in [1.807, 2.05) is 29.1 Å². The van der Waals surface area contributed by atoms with Gasteiger partial charge in [-0.15, -0.1) is 0 Å². The first-order valence-corrected chi connectivity index (χ1v) is 5.74. The van der Waals surface area contributed by atoms with E-state index in [1.54, 1.807) is 6.26 Å². The second kappa shape index (κ2) is 5.16. The van der Waals surface area contributed by atoms with Gasteiger partial charge in [0.25, 0.3) is 0 Å². The van der Waals surface area contributed by atoms with E-state index in [0.717, 1.165) is 11.5 Å². The van der Waals surface area contributed by atoms with Crippen LogP contribution in [0.1, 0.15) is 37.4 Å². The van der Waals surface area contributed by atoms with Crippen molar-refractivity contribution in [2.24, 2.45) is 5.84 Å². The Balaban J connectivity index is 2.08. The molecule has 0 bridgehead atoms. The normalized spacial score (nSPS) is 13.2. The van der Waals surface area contributed by atoms with Gasteiger partial charge in [-0.05, 0) is 32.0 Å². The van der Waals surface area contributed by atoms with Crippen molar-refractivity contribution in [3.05, 3.63) is 42.1 Å². The van der Waals surface area contributed by atoms with Crippen molar-refractivity contribution in [1.29, 1.82) is 0 Å². The van der Waals surface area contributed by atoms with Crippen LogP contribution in [0.5, 0.6) is 0 Å². The lowest BCUT2D eigenvalue weighted by atomic mass is 10.1. The lowest BCUT2D eigenvalue weighted by Gasteiger charge is -2.11. The van der Waals surface area contributed by atoms with Crippen molar-refractivity contribution < 1.29 is 4.42 Å². The Bertz CT molecular complexity index is 447. The van der Waals surface area contributed by atoms with Crippen molar-refractivity contribution in [2.75, 3.05) is 0 Å². The molecule has 5 nitrogen and oxygen atoms in total. The van der Waals surface area contributed by atoms with E-state index in [9.17, 15) is 0 Å². The van der Waals surface area contributed by atoms with Crippen molar-refractivity contribution in [1.82, 2.24) is 15.2 Å². The zero-order valence-corrected chi connectivity index (χ0v) is 10.1. The number of hydrogen-bond acceptors (Lipinski definition) is 4. The Morgan fingerprint density at radius 3 is 2.82 bits per heavy atom. The summed E-state index contributed by atoms with van der Waals surface area (Å²) in [7, 11) is 0. The Morgan fingerprint density at radius 2 is 2.29 bits per heavy atom. The van der Waals surface area contributed by atoms with Crippen LogP contribution in [-0.4, -0.2) is 9.78 Å². The van der Waals surface area contributed by atoms with Gasteiger partial charge in [0.1, 0.15) is 5.76 Å². The van der Waals surface area contributed by atoms with Crippen molar-refractivity contribution in [3.8, 4) is 0 Å². The van der Waals surface area contributed by atoms with Crippen LogP contribution in [0, 0.1) is 0 Å². The number of nitrogens with two attached hydrogens (primary N) is 1. The van der Waals surface area contributed by atoms with Crippen LogP contribution < -0.4 is 11.3 Å². The summed E-state index contributed by atoms with van der Waals surface area (Å²) >= 11 is 0. The van der Waals surface area contributed by atoms with Gasteiger partial charge in [-0.2, -0.15) is 5.10 Å². The molecule has 1 atom stereocenters. The van der Waals surface area contributed by atoms with E-state index < -0.39 is 0 Å². The monoisotopic (exact) mass is 234 g/mol. The van der Waals surface area contributed by atoms with Crippen molar-refractivity contribution >= 4 is 0 Å². The molecule has 0 amide bonds.